The largest absolute Gasteiger partial charge is 1.00 e. The third-order valence-corrected chi connectivity index (χ3v) is 0. The fraction of sp³-hybridized carbons (Fsp3) is 1.00. The van der Waals surface area contributed by atoms with Crippen LogP contribution in [0.5, 0.6) is 0 Å². The minimum Gasteiger partial charge on any atom is -1.00 e. The zero-order chi connectivity index (χ0) is 2.00. The van der Waals surface area contributed by atoms with Crippen LogP contribution in [0, 0.1) is 0 Å². The van der Waals surface area contributed by atoms with Gasteiger partial charge in [0.1, 0.15) is 0 Å². The molecule has 0 aliphatic carbocycles. The summed E-state index contributed by atoms with van der Waals surface area (Å²) in [5.41, 5.74) is 0. The molecule has 0 aromatic heterocycles. The first-order valence-electron chi connectivity index (χ1n) is 1.00. The van der Waals surface area contributed by atoms with Crippen molar-refractivity contribution in [3.8, 4) is 0 Å². The quantitative estimate of drug-likeness (QED) is 0.445. The van der Waals surface area contributed by atoms with E-state index in [1.54, 1.807) is 0 Å². The molecule has 0 heterocycles. The van der Waals surface area contributed by atoms with E-state index < -0.39 is 0 Å². The van der Waals surface area contributed by atoms with Crippen molar-refractivity contribution < 1.29 is 58.7 Å². The molecule has 4 heavy (non-hydrogen) atoms. The van der Waals surface area contributed by atoms with Gasteiger partial charge in [0.2, 0.25) is 0 Å². The summed E-state index contributed by atoms with van der Waals surface area (Å²) in [5.74, 6) is 0. The molecule has 0 fully saturated rings. The van der Waals surface area contributed by atoms with Gasteiger partial charge in [-0.25, -0.2) is 0 Å². The van der Waals surface area contributed by atoms with Gasteiger partial charge >= 0.3 is 29.6 Å². The summed E-state index contributed by atoms with van der Waals surface area (Å²) in [7, 11) is 0. The Labute approximate surface area is 71.6 Å². The van der Waals surface area contributed by atoms with Gasteiger partial charge in [0.15, 0.2) is 0 Å². The van der Waals surface area contributed by atoms with Crippen LogP contribution in [0.1, 0.15) is 15.3 Å². The Kier molecular flexibility index (Phi) is 85.6. The average Bonchev–Trinajstić information content (AvgIpc) is 1.00. The number of hydrogen-bond donors (Lipinski definition) is 0. The van der Waals surface area contributed by atoms with Gasteiger partial charge in [-0.2, -0.15) is 0 Å². The third kappa shape index (κ3) is 9.05. The van der Waals surface area contributed by atoms with Gasteiger partial charge in [-0.05, 0) is 0 Å². The van der Waals surface area contributed by atoms with Gasteiger partial charge in [0.05, 0.1) is 0 Å². The molecule has 0 aliphatic rings. The van der Waals surface area contributed by atoms with Crippen molar-refractivity contribution in [3.63, 3.8) is 0 Å². The minimum absolute atomic E-state index is 0. The molecule has 0 atom stereocenters. The predicted molar refractivity (Wildman–Crippen MR) is 12.5 cm³/mol. The van der Waals surface area contributed by atoms with Crippen molar-refractivity contribution in [1.82, 2.24) is 0 Å². The summed E-state index contributed by atoms with van der Waals surface area (Å²) in [6.45, 7) is 4.00. The molecule has 0 aromatic rings. The van der Waals surface area contributed by atoms with Crippen LogP contribution in [-0.4, -0.2) is 0 Å². The van der Waals surface area contributed by atoms with E-state index >= 15 is 0 Å². The van der Waals surface area contributed by atoms with E-state index in [-0.39, 0.29) is 58.7 Å². The smallest absolute Gasteiger partial charge is 1.00 e. The first kappa shape index (κ1) is 16.8. The molecule has 0 saturated carbocycles. The van der Waals surface area contributed by atoms with Crippen LogP contribution >= 0.6 is 0 Å². The van der Waals surface area contributed by atoms with Gasteiger partial charge in [-0.1, -0.05) is 13.8 Å². The monoisotopic (exact) mass is 256 g/mol. The van der Waals surface area contributed by atoms with Gasteiger partial charge in [-0.3, -0.25) is 0 Å². The van der Waals surface area contributed by atoms with Crippen LogP contribution in [0.3, 0.4) is 0 Å². The van der Waals surface area contributed by atoms with E-state index in [1.807, 2.05) is 13.8 Å². The Morgan fingerprint density at radius 2 is 1.25 bits per heavy atom. The second-order valence-corrected chi connectivity index (χ2v) is 0. The van der Waals surface area contributed by atoms with E-state index in [0.29, 0.717) is 0 Å². The molecule has 0 spiro atoms. The third-order valence-electron chi connectivity index (χ3n) is 0. The van der Waals surface area contributed by atoms with Gasteiger partial charge in [0, 0.05) is 27.7 Å². The molecule has 0 unspecified atom stereocenters. The molecule has 0 amide bonds. The Hall–Kier alpha value is 1.94. The normalized spacial score (nSPS) is 1.50. The van der Waals surface area contributed by atoms with E-state index in [0.717, 1.165) is 0 Å². The molecule has 18 valence electrons. The van der Waals surface area contributed by atoms with Crippen LogP contribution < -0.4 is 29.6 Å². The molecule has 0 radical (unpaired) electrons. The molecular weight excluding hydrogens is 248 g/mol. The average molecular weight is 255 g/mol. The first-order chi connectivity index (χ1) is 1.00. The SMILES string of the molecule is CC.[H-].[Hg].[Na+]. The standard InChI is InChI=1S/C2H6.Hg.Na.H/c1-2;;;/h1-2H3;;;/q;;+1;-1. The Morgan fingerprint density at radius 1 is 1.25 bits per heavy atom. The molecule has 0 nitrogen and oxygen atoms in total. The number of rotatable bonds is 0. The Bertz CT molecular complexity index is 9.61. The van der Waals surface area contributed by atoms with Crippen molar-refractivity contribution in [3.05, 3.63) is 0 Å². The molecule has 0 N–H and O–H groups in total. The molecule has 0 rings (SSSR count). The van der Waals surface area contributed by atoms with E-state index in [4.69, 9.17) is 0 Å². The fourth-order valence-corrected chi connectivity index (χ4v) is 0. The van der Waals surface area contributed by atoms with Gasteiger partial charge in [0.25, 0.3) is 0 Å². The van der Waals surface area contributed by atoms with Crippen LogP contribution in [0.4, 0.5) is 0 Å². The maximum absolute atomic E-state index is 2.00. The summed E-state index contributed by atoms with van der Waals surface area (Å²) < 4.78 is 0. The second kappa shape index (κ2) is 20.4. The van der Waals surface area contributed by atoms with E-state index in [1.165, 1.54) is 0 Å². The van der Waals surface area contributed by atoms with Gasteiger partial charge < -0.3 is 1.43 Å². The number of hydrogen-bond acceptors (Lipinski definition) is 0. The summed E-state index contributed by atoms with van der Waals surface area (Å²) >= 11 is 0. The topological polar surface area (TPSA) is 0 Å². The van der Waals surface area contributed by atoms with Crippen molar-refractivity contribution >= 4 is 0 Å². The van der Waals surface area contributed by atoms with Gasteiger partial charge in [-0.15, -0.1) is 0 Å². The minimum atomic E-state index is 0. The van der Waals surface area contributed by atoms with E-state index in [2.05, 4.69) is 0 Å². The maximum atomic E-state index is 2.00. The van der Waals surface area contributed by atoms with Crippen molar-refractivity contribution in [2.45, 2.75) is 13.8 Å². The summed E-state index contributed by atoms with van der Waals surface area (Å²) in [6.07, 6.45) is 0. The summed E-state index contributed by atoms with van der Waals surface area (Å²) in [4.78, 5) is 0. The summed E-state index contributed by atoms with van der Waals surface area (Å²) in [6, 6.07) is 0. The Balaban J connectivity index is -0.00000000167. The predicted octanol–water partition coefficient (Wildman–Crippen LogP) is -1.86. The maximum Gasteiger partial charge on any atom is 1.00 e. The van der Waals surface area contributed by atoms with Crippen molar-refractivity contribution in [1.29, 1.82) is 0 Å². The van der Waals surface area contributed by atoms with Crippen LogP contribution in [-0.2, 0) is 27.7 Å². The second-order valence-electron chi connectivity index (χ2n) is 0. The van der Waals surface area contributed by atoms with Crippen molar-refractivity contribution in [2.75, 3.05) is 0 Å². The molecular formula is C2H7HgNa. The molecule has 0 aromatic carbocycles. The fourth-order valence-electron chi connectivity index (χ4n) is 0. The van der Waals surface area contributed by atoms with Crippen LogP contribution in [0.25, 0.3) is 0 Å². The molecule has 0 saturated heterocycles. The molecule has 2 heteroatoms. The molecule has 0 bridgehead atoms. The van der Waals surface area contributed by atoms with Crippen molar-refractivity contribution in [2.24, 2.45) is 0 Å². The summed E-state index contributed by atoms with van der Waals surface area (Å²) in [5, 5.41) is 0. The first-order valence-corrected chi connectivity index (χ1v) is 1.00. The zero-order valence-electron chi connectivity index (χ0n) is 4.71. The zero-order valence-corrected chi connectivity index (χ0v) is 11.2. The van der Waals surface area contributed by atoms with Crippen LogP contribution in [0.15, 0.2) is 0 Å². The van der Waals surface area contributed by atoms with E-state index in [9.17, 15) is 0 Å². The molecule has 0 aliphatic heterocycles. The van der Waals surface area contributed by atoms with Crippen LogP contribution in [0.2, 0.25) is 0 Å². The Morgan fingerprint density at radius 3 is 1.25 bits per heavy atom.